The number of aryl methyl sites for hydroxylation is 1. The molecule has 2 aromatic carbocycles. The number of aromatic nitrogens is 2. The summed E-state index contributed by atoms with van der Waals surface area (Å²) in [6.45, 7) is 4.19. The molecule has 0 aliphatic heterocycles. The van der Waals surface area contributed by atoms with Gasteiger partial charge >= 0.3 is 0 Å². The first kappa shape index (κ1) is 18.4. The highest BCUT2D eigenvalue weighted by Gasteiger charge is 2.16. The van der Waals surface area contributed by atoms with Crippen LogP contribution in [0.15, 0.2) is 48.5 Å². The predicted molar refractivity (Wildman–Crippen MR) is 99.5 cm³/mol. The van der Waals surface area contributed by atoms with Crippen LogP contribution >= 0.6 is 11.6 Å². The number of halogens is 2. The fourth-order valence-corrected chi connectivity index (χ4v) is 2.99. The quantitative estimate of drug-likeness (QED) is 0.590. The fourth-order valence-electron chi connectivity index (χ4n) is 2.76. The maximum Gasteiger partial charge on any atom is 0.151 e. The standard InChI is InChI=1S/C20H20ClFN2O2/c1-13-10-20(21)23-24(13)19-9-6-16(22)11-18(19)14(2)26-12-15-4-7-17(25-3)8-5-15/h4-11,14H,12H2,1-3H3/t14-/m1/s1. The molecule has 136 valence electrons. The number of nitrogens with zero attached hydrogens (tertiary/aromatic N) is 2. The summed E-state index contributed by atoms with van der Waals surface area (Å²) in [5, 5.41) is 4.67. The first-order valence-electron chi connectivity index (χ1n) is 8.24. The van der Waals surface area contributed by atoms with Crippen molar-refractivity contribution in [1.29, 1.82) is 0 Å². The highest BCUT2D eigenvalue weighted by molar-refractivity contribution is 6.29. The van der Waals surface area contributed by atoms with Crippen molar-refractivity contribution in [2.45, 2.75) is 26.6 Å². The van der Waals surface area contributed by atoms with Gasteiger partial charge in [-0.2, -0.15) is 5.10 Å². The molecule has 1 atom stereocenters. The first-order chi connectivity index (χ1) is 12.5. The van der Waals surface area contributed by atoms with Gasteiger partial charge in [0.05, 0.1) is 25.5 Å². The van der Waals surface area contributed by atoms with Crippen LogP contribution < -0.4 is 4.74 Å². The summed E-state index contributed by atoms with van der Waals surface area (Å²) in [5.41, 5.74) is 3.33. The molecule has 0 radical (unpaired) electrons. The molecule has 1 aromatic heterocycles. The van der Waals surface area contributed by atoms with Crippen LogP contribution in [0.5, 0.6) is 5.75 Å². The van der Waals surface area contributed by atoms with Crippen LogP contribution in [0.4, 0.5) is 4.39 Å². The Hall–Kier alpha value is -2.37. The molecular weight excluding hydrogens is 355 g/mol. The minimum Gasteiger partial charge on any atom is -0.497 e. The lowest BCUT2D eigenvalue weighted by Gasteiger charge is -2.18. The summed E-state index contributed by atoms with van der Waals surface area (Å²) in [6.07, 6.45) is -0.329. The average Bonchev–Trinajstić information content (AvgIpc) is 2.98. The molecule has 6 heteroatoms. The third-order valence-corrected chi connectivity index (χ3v) is 4.36. The van der Waals surface area contributed by atoms with Crippen LogP contribution in [0.2, 0.25) is 5.15 Å². The van der Waals surface area contributed by atoms with E-state index < -0.39 is 0 Å². The number of hydrogen-bond donors (Lipinski definition) is 0. The monoisotopic (exact) mass is 374 g/mol. The SMILES string of the molecule is COc1ccc(CO[C@H](C)c2cc(F)ccc2-n2nc(Cl)cc2C)cc1. The van der Waals surface area contributed by atoms with Crippen molar-refractivity contribution >= 4 is 11.6 Å². The molecule has 0 bridgehead atoms. The lowest BCUT2D eigenvalue weighted by molar-refractivity contribution is 0.0522. The van der Waals surface area contributed by atoms with Gasteiger partial charge in [0.2, 0.25) is 0 Å². The van der Waals surface area contributed by atoms with Crippen molar-refractivity contribution < 1.29 is 13.9 Å². The number of ether oxygens (including phenoxy) is 2. The van der Waals surface area contributed by atoms with E-state index in [1.54, 1.807) is 23.9 Å². The summed E-state index contributed by atoms with van der Waals surface area (Å²) in [6, 6.07) is 14.0. The highest BCUT2D eigenvalue weighted by Crippen LogP contribution is 2.28. The summed E-state index contributed by atoms with van der Waals surface area (Å²) >= 11 is 6.00. The lowest BCUT2D eigenvalue weighted by atomic mass is 10.1. The maximum atomic E-state index is 13.9. The van der Waals surface area contributed by atoms with Gasteiger partial charge in [0, 0.05) is 11.3 Å². The molecule has 0 saturated carbocycles. The average molecular weight is 375 g/mol. The third kappa shape index (κ3) is 4.06. The molecule has 3 rings (SSSR count). The van der Waals surface area contributed by atoms with Crippen LogP contribution in [0.3, 0.4) is 0 Å². The van der Waals surface area contributed by atoms with Gasteiger partial charge in [-0.3, -0.25) is 0 Å². The second-order valence-electron chi connectivity index (χ2n) is 6.02. The van der Waals surface area contributed by atoms with Gasteiger partial charge in [-0.25, -0.2) is 9.07 Å². The number of rotatable bonds is 6. The zero-order valence-electron chi connectivity index (χ0n) is 14.9. The van der Waals surface area contributed by atoms with Gasteiger partial charge < -0.3 is 9.47 Å². The number of benzene rings is 2. The molecule has 1 heterocycles. The predicted octanol–water partition coefficient (Wildman–Crippen LogP) is 5.26. The lowest BCUT2D eigenvalue weighted by Crippen LogP contribution is -2.09. The Labute approximate surface area is 157 Å². The normalized spacial score (nSPS) is 12.2. The van der Waals surface area contributed by atoms with Crippen molar-refractivity contribution in [3.8, 4) is 11.4 Å². The minimum absolute atomic E-state index is 0.320. The molecule has 4 nitrogen and oxygen atoms in total. The van der Waals surface area contributed by atoms with Crippen molar-refractivity contribution in [2.24, 2.45) is 0 Å². The van der Waals surface area contributed by atoms with Crippen molar-refractivity contribution in [2.75, 3.05) is 7.11 Å². The topological polar surface area (TPSA) is 36.3 Å². The molecular formula is C20H20ClFN2O2. The molecule has 0 aliphatic carbocycles. The molecule has 0 spiro atoms. The van der Waals surface area contributed by atoms with Crippen LogP contribution in [0.1, 0.15) is 29.8 Å². The van der Waals surface area contributed by atoms with Crippen LogP contribution in [0, 0.1) is 12.7 Å². The van der Waals surface area contributed by atoms with Crippen LogP contribution in [0.25, 0.3) is 5.69 Å². The highest BCUT2D eigenvalue weighted by atomic mass is 35.5. The Kier molecular flexibility index (Phi) is 5.59. The molecule has 0 unspecified atom stereocenters. The van der Waals surface area contributed by atoms with Gasteiger partial charge in [0.15, 0.2) is 5.15 Å². The Balaban J connectivity index is 1.83. The summed E-state index contributed by atoms with van der Waals surface area (Å²) in [4.78, 5) is 0. The van der Waals surface area contributed by atoms with E-state index in [1.807, 2.05) is 38.1 Å². The van der Waals surface area contributed by atoms with E-state index in [0.717, 1.165) is 22.7 Å². The van der Waals surface area contributed by atoms with Gasteiger partial charge in [0.1, 0.15) is 11.6 Å². The third-order valence-electron chi connectivity index (χ3n) is 4.17. The van der Waals surface area contributed by atoms with E-state index in [4.69, 9.17) is 21.1 Å². The zero-order valence-corrected chi connectivity index (χ0v) is 15.6. The summed E-state index contributed by atoms with van der Waals surface area (Å²) in [7, 11) is 1.63. The summed E-state index contributed by atoms with van der Waals surface area (Å²) < 4.78 is 26.7. The van der Waals surface area contributed by atoms with E-state index in [2.05, 4.69) is 5.10 Å². The van der Waals surface area contributed by atoms with Crippen LogP contribution in [-0.2, 0) is 11.3 Å². The van der Waals surface area contributed by atoms with Crippen molar-refractivity contribution in [3.05, 3.63) is 76.3 Å². The zero-order chi connectivity index (χ0) is 18.7. The molecule has 0 fully saturated rings. The number of hydrogen-bond acceptors (Lipinski definition) is 3. The van der Waals surface area contributed by atoms with Gasteiger partial charge in [-0.15, -0.1) is 0 Å². The molecule has 0 saturated heterocycles. The molecule has 0 amide bonds. The smallest absolute Gasteiger partial charge is 0.151 e. The molecule has 3 aromatic rings. The van der Waals surface area contributed by atoms with Crippen molar-refractivity contribution in [3.63, 3.8) is 0 Å². The fraction of sp³-hybridized carbons (Fsp3) is 0.250. The Morgan fingerprint density at radius 2 is 1.88 bits per heavy atom. The van der Waals surface area contributed by atoms with Gasteiger partial charge in [-0.1, -0.05) is 23.7 Å². The second-order valence-corrected chi connectivity index (χ2v) is 6.41. The number of methoxy groups -OCH3 is 1. The Morgan fingerprint density at radius 3 is 2.50 bits per heavy atom. The van der Waals surface area contributed by atoms with Crippen LogP contribution in [-0.4, -0.2) is 16.9 Å². The van der Waals surface area contributed by atoms with Crippen molar-refractivity contribution in [1.82, 2.24) is 9.78 Å². The van der Waals surface area contributed by atoms with E-state index in [0.29, 0.717) is 17.3 Å². The first-order valence-corrected chi connectivity index (χ1v) is 8.62. The molecule has 26 heavy (non-hydrogen) atoms. The van der Waals surface area contributed by atoms with Gasteiger partial charge in [0.25, 0.3) is 0 Å². The van der Waals surface area contributed by atoms with Gasteiger partial charge in [-0.05, 0) is 55.8 Å². The minimum atomic E-state index is -0.329. The largest absolute Gasteiger partial charge is 0.497 e. The Bertz CT molecular complexity index is 893. The molecule has 0 N–H and O–H groups in total. The molecule has 0 aliphatic rings. The maximum absolute atomic E-state index is 13.9. The van der Waals surface area contributed by atoms with E-state index in [9.17, 15) is 4.39 Å². The summed E-state index contributed by atoms with van der Waals surface area (Å²) in [5.74, 6) is 0.472. The Morgan fingerprint density at radius 1 is 1.15 bits per heavy atom. The van der Waals surface area contributed by atoms with E-state index in [1.165, 1.54) is 12.1 Å². The van der Waals surface area contributed by atoms with E-state index >= 15 is 0 Å². The van der Waals surface area contributed by atoms with E-state index in [-0.39, 0.29) is 11.9 Å². The second kappa shape index (κ2) is 7.89.